The first-order valence-corrected chi connectivity index (χ1v) is 9.18. The van der Waals surface area contributed by atoms with Crippen LogP contribution in [0.5, 0.6) is 0 Å². The Bertz CT molecular complexity index is 641. The Kier molecular flexibility index (Phi) is 5.40. The molecule has 3 rings (SSSR count). The molecule has 0 spiro atoms. The normalized spacial score (nSPS) is 16.1. The smallest absolute Gasteiger partial charge is 0.246 e. The molecule has 0 amide bonds. The van der Waals surface area contributed by atoms with E-state index in [0.717, 1.165) is 49.3 Å². The van der Waals surface area contributed by atoms with Crippen LogP contribution in [0.1, 0.15) is 18.4 Å². The summed E-state index contributed by atoms with van der Waals surface area (Å²) >= 11 is 3.48. The van der Waals surface area contributed by atoms with Crippen molar-refractivity contribution < 1.29 is 0 Å². The first-order valence-electron chi connectivity index (χ1n) is 8.39. The number of likely N-dealkylation sites (N-methyl/N-ethyl adjacent to an activating group) is 1. The Morgan fingerprint density at radius 3 is 2.50 bits per heavy atom. The van der Waals surface area contributed by atoms with Crippen molar-refractivity contribution in [2.45, 2.75) is 25.3 Å². The number of nitrogens with zero attached hydrogens (tertiary/aromatic N) is 5. The largest absolute Gasteiger partial charge is 0.368 e. The lowest BCUT2D eigenvalue weighted by atomic mass is 10.0. The third kappa shape index (κ3) is 4.08. The van der Waals surface area contributed by atoms with Gasteiger partial charge in [-0.05, 0) is 44.0 Å². The van der Waals surface area contributed by atoms with Crippen molar-refractivity contribution in [2.75, 3.05) is 37.3 Å². The van der Waals surface area contributed by atoms with Crippen LogP contribution in [0.3, 0.4) is 0 Å². The van der Waals surface area contributed by atoms with Crippen molar-refractivity contribution in [2.24, 2.45) is 7.05 Å². The number of piperidine rings is 1. The topological polar surface area (TPSA) is 63.2 Å². The van der Waals surface area contributed by atoms with Crippen molar-refractivity contribution in [1.29, 1.82) is 0 Å². The van der Waals surface area contributed by atoms with Gasteiger partial charge in [0.1, 0.15) is 0 Å². The van der Waals surface area contributed by atoms with Gasteiger partial charge in [-0.2, -0.15) is 4.98 Å². The van der Waals surface area contributed by atoms with E-state index in [4.69, 9.17) is 5.73 Å². The quantitative estimate of drug-likeness (QED) is 0.845. The van der Waals surface area contributed by atoms with Crippen LogP contribution in [-0.4, -0.2) is 52.4 Å². The Morgan fingerprint density at radius 2 is 1.92 bits per heavy atom. The average Bonchev–Trinajstić information content (AvgIpc) is 2.93. The summed E-state index contributed by atoms with van der Waals surface area (Å²) in [7, 11) is 4.06. The maximum absolute atomic E-state index is 5.78. The highest BCUT2D eigenvalue weighted by Gasteiger charge is 2.24. The number of hydrogen-bond acceptors (Lipinski definition) is 5. The number of nitrogens with two attached hydrogens (primary N) is 1. The molecule has 0 saturated carbocycles. The van der Waals surface area contributed by atoms with Crippen LogP contribution in [0, 0.1) is 0 Å². The Morgan fingerprint density at radius 1 is 1.25 bits per heavy atom. The van der Waals surface area contributed by atoms with E-state index in [1.165, 1.54) is 5.56 Å². The lowest BCUT2D eigenvalue weighted by Crippen LogP contribution is -2.44. The minimum Gasteiger partial charge on any atom is -0.368 e. The second kappa shape index (κ2) is 7.53. The molecule has 1 aromatic carbocycles. The molecular formula is C17H25BrN6. The molecule has 1 aliphatic rings. The zero-order valence-corrected chi connectivity index (χ0v) is 15.9. The number of aromatic nitrogens is 3. The summed E-state index contributed by atoms with van der Waals surface area (Å²) in [5.74, 6) is 1.23. The van der Waals surface area contributed by atoms with Crippen LogP contribution >= 0.6 is 15.9 Å². The summed E-state index contributed by atoms with van der Waals surface area (Å²) in [6.07, 6.45) is 3.35. The fraction of sp³-hybridized carbons (Fsp3) is 0.529. The molecular weight excluding hydrogens is 368 g/mol. The SMILES string of the molecule is CN(CCc1ccc(Br)cc1)C1CCN(c2nc(N)n(C)n2)CC1. The van der Waals surface area contributed by atoms with Crippen molar-refractivity contribution in [3.05, 3.63) is 34.3 Å². The van der Waals surface area contributed by atoms with Gasteiger partial charge in [0.2, 0.25) is 11.9 Å². The number of aryl methyl sites for hydroxylation is 1. The van der Waals surface area contributed by atoms with E-state index in [1.54, 1.807) is 4.68 Å². The lowest BCUT2D eigenvalue weighted by Gasteiger charge is -2.36. The molecule has 1 fully saturated rings. The number of rotatable bonds is 5. The third-order valence-corrected chi connectivity index (χ3v) is 5.35. The summed E-state index contributed by atoms with van der Waals surface area (Å²) in [6, 6.07) is 9.23. The summed E-state index contributed by atoms with van der Waals surface area (Å²) in [5.41, 5.74) is 7.16. The number of halogens is 1. The first kappa shape index (κ1) is 17.2. The molecule has 0 atom stereocenters. The van der Waals surface area contributed by atoms with Crippen molar-refractivity contribution in [1.82, 2.24) is 19.7 Å². The maximum atomic E-state index is 5.78. The van der Waals surface area contributed by atoms with Gasteiger partial charge in [0.05, 0.1) is 0 Å². The standard InChI is InChI=1S/C17H25BrN6/c1-22(10-7-13-3-5-14(18)6-4-13)15-8-11-24(12-9-15)17-20-16(19)23(2)21-17/h3-6,15H,7-12H2,1-2H3,(H2,19,20,21). The zero-order chi connectivity index (χ0) is 17.1. The van der Waals surface area contributed by atoms with E-state index >= 15 is 0 Å². The van der Waals surface area contributed by atoms with Crippen molar-refractivity contribution >= 4 is 27.8 Å². The summed E-state index contributed by atoms with van der Waals surface area (Å²) < 4.78 is 2.77. The molecule has 1 saturated heterocycles. The highest BCUT2D eigenvalue weighted by atomic mass is 79.9. The molecule has 1 aromatic heterocycles. The van der Waals surface area contributed by atoms with Crippen LogP contribution in [0.4, 0.5) is 11.9 Å². The Hall–Kier alpha value is -1.60. The number of anilines is 2. The molecule has 0 aliphatic carbocycles. The average molecular weight is 393 g/mol. The molecule has 130 valence electrons. The monoisotopic (exact) mass is 392 g/mol. The molecule has 7 heteroatoms. The second-order valence-corrected chi connectivity index (χ2v) is 7.38. The van der Waals surface area contributed by atoms with Gasteiger partial charge in [0, 0.05) is 37.2 Å². The van der Waals surface area contributed by atoms with Gasteiger partial charge in [-0.15, -0.1) is 5.10 Å². The molecule has 0 radical (unpaired) electrons. The molecule has 24 heavy (non-hydrogen) atoms. The highest BCUT2D eigenvalue weighted by molar-refractivity contribution is 9.10. The fourth-order valence-electron chi connectivity index (χ4n) is 3.16. The van der Waals surface area contributed by atoms with Crippen molar-refractivity contribution in [3.63, 3.8) is 0 Å². The minimum atomic E-state index is 0.471. The zero-order valence-electron chi connectivity index (χ0n) is 14.3. The molecule has 2 N–H and O–H groups in total. The van der Waals surface area contributed by atoms with E-state index in [9.17, 15) is 0 Å². The molecule has 2 heterocycles. The highest BCUT2D eigenvalue weighted by Crippen LogP contribution is 2.20. The van der Waals surface area contributed by atoms with Crippen LogP contribution in [0.25, 0.3) is 0 Å². The number of benzene rings is 1. The van der Waals surface area contributed by atoms with Gasteiger partial charge in [0.25, 0.3) is 0 Å². The van der Waals surface area contributed by atoms with Crippen LogP contribution < -0.4 is 10.6 Å². The van der Waals surface area contributed by atoms with Gasteiger partial charge in [-0.3, -0.25) is 0 Å². The first-order chi connectivity index (χ1) is 11.5. The van der Waals surface area contributed by atoms with Crippen molar-refractivity contribution in [3.8, 4) is 0 Å². The van der Waals surface area contributed by atoms with Crippen LogP contribution in [0.15, 0.2) is 28.7 Å². The Labute approximate surface area is 151 Å². The summed E-state index contributed by atoms with van der Waals surface area (Å²) in [6.45, 7) is 3.05. The predicted octanol–water partition coefficient (Wildman–Crippen LogP) is 2.30. The van der Waals surface area contributed by atoms with E-state index in [0.29, 0.717) is 12.0 Å². The molecule has 1 aliphatic heterocycles. The van der Waals surface area contributed by atoms with Gasteiger partial charge in [0.15, 0.2) is 0 Å². The van der Waals surface area contributed by atoms with Gasteiger partial charge in [-0.25, -0.2) is 4.68 Å². The summed E-state index contributed by atoms with van der Waals surface area (Å²) in [4.78, 5) is 9.04. The maximum Gasteiger partial charge on any atom is 0.246 e. The van der Waals surface area contributed by atoms with E-state index in [1.807, 2.05) is 7.05 Å². The van der Waals surface area contributed by atoms with E-state index in [-0.39, 0.29) is 0 Å². The third-order valence-electron chi connectivity index (χ3n) is 4.82. The van der Waals surface area contributed by atoms with Crippen LogP contribution in [-0.2, 0) is 13.5 Å². The van der Waals surface area contributed by atoms with E-state index in [2.05, 4.69) is 67.1 Å². The molecule has 0 bridgehead atoms. The molecule has 6 nitrogen and oxygen atoms in total. The second-order valence-electron chi connectivity index (χ2n) is 6.47. The van der Waals surface area contributed by atoms with Gasteiger partial charge < -0.3 is 15.5 Å². The summed E-state index contributed by atoms with van der Waals surface area (Å²) in [5, 5.41) is 4.38. The van der Waals surface area contributed by atoms with Crippen LogP contribution in [0.2, 0.25) is 0 Å². The van der Waals surface area contributed by atoms with Gasteiger partial charge >= 0.3 is 0 Å². The molecule has 2 aromatic rings. The predicted molar refractivity (Wildman–Crippen MR) is 101 cm³/mol. The van der Waals surface area contributed by atoms with Gasteiger partial charge in [-0.1, -0.05) is 28.1 Å². The fourth-order valence-corrected chi connectivity index (χ4v) is 3.43. The number of hydrogen-bond donors (Lipinski definition) is 1. The Balaban J connectivity index is 1.48. The molecule has 0 unspecified atom stereocenters. The minimum absolute atomic E-state index is 0.471. The lowest BCUT2D eigenvalue weighted by molar-refractivity contribution is 0.209. The number of nitrogen functional groups attached to an aromatic ring is 1. The van der Waals surface area contributed by atoms with E-state index < -0.39 is 0 Å².